The fourth-order valence-corrected chi connectivity index (χ4v) is 3.43. The minimum atomic E-state index is -0.889. The third-order valence-corrected chi connectivity index (χ3v) is 4.95. The molecule has 0 saturated heterocycles. The van der Waals surface area contributed by atoms with Crippen molar-refractivity contribution in [2.45, 2.75) is 19.4 Å². The number of hydrogen-bond donors (Lipinski definition) is 2. The number of furan rings is 1. The van der Waals surface area contributed by atoms with Gasteiger partial charge in [0.1, 0.15) is 18.4 Å². The standard InChI is InChI=1S/C20H18Cl2N2O6/c1-2-28-19(26)17-14(23-20(27)24-18(17)15-7-4-8-29-15)10-30-16(25)9-11-12(21)5-3-6-13(11)22/h3-8,18H,2,9-10H2,1H3,(H2,23,24,27). The largest absolute Gasteiger partial charge is 0.467 e. The van der Waals surface area contributed by atoms with Gasteiger partial charge in [0.2, 0.25) is 0 Å². The first kappa shape index (κ1) is 21.7. The van der Waals surface area contributed by atoms with Gasteiger partial charge in [0.25, 0.3) is 0 Å². The zero-order valence-electron chi connectivity index (χ0n) is 15.9. The molecule has 1 aromatic heterocycles. The maximum atomic E-state index is 12.6. The van der Waals surface area contributed by atoms with Gasteiger partial charge in [0, 0.05) is 15.6 Å². The number of rotatable bonds is 7. The van der Waals surface area contributed by atoms with Crippen molar-refractivity contribution in [2.75, 3.05) is 13.2 Å². The highest BCUT2D eigenvalue weighted by atomic mass is 35.5. The van der Waals surface area contributed by atoms with Crippen molar-refractivity contribution >= 4 is 41.2 Å². The van der Waals surface area contributed by atoms with Crippen LogP contribution in [-0.2, 0) is 25.5 Å². The number of benzene rings is 1. The van der Waals surface area contributed by atoms with E-state index in [0.717, 1.165) is 0 Å². The van der Waals surface area contributed by atoms with Crippen LogP contribution in [0.2, 0.25) is 10.0 Å². The van der Waals surface area contributed by atoms with Crippen LogP contribution < -0.4 is 10.6 Å². The Kier molecular flexibility index (Phi) is 7.02. The minimum absolute atomic E-state index is 0.0787. The Bertz CT molecular complexity index is 967. The van der Waals surface area contributed by atoms with E-state index in [-0.39, 0.29) is 30.9 Å². The van der Waals surface area contributed by atoms with Gasteiger partial charge in [-0.3, -0.25) is 4.79 Å². The molecule has 0 aliphatic carbocycles. The minimum Gasteiger partial charge on any atom is -0.467 e. The molecule has 158 valence electrons. The second-order valence-corrected chi connectivity index (χ2v) is 7.01. The molecule has 0 bridgehead atoms. The lowest BCUT2D eigenvalue weighted by atomic mass is 10.0. The number of carbonyl (C=O) groups is 3. The van der Waals surface area contributed by atoms with Gasteiger partial charge in [0.05, 0.1) is 30.6 Å². The average molecular weight is 453 g/mol. The van der Waals surface area contributed by atoms with Gasteiger partial charge in [0.15, 0.2) is 0 Å². The fourth-order valence-electron chi connectivity index (χ4n) is 2.90. The zero-order valence-corrected chi connectivity index (χ0v) is 17.4. The number of hydrogen-bond acceptors (Lipinski definition) is 6. The monoisotopic (exact) mass is 452 g/mol. The summed E-state index contributed by atoms with van der Waals surface area (Å²) in [6.07, 6.45) is 1.24. The normalized spacial score (nSPS) is 16.0. The van der Waals surface area contributed by atoms with E-state index in [9.17, 15) is 14.4 Å². The number of amides is 2. The zero-order chi connectivity index (χ0) is 21.7. The lowest BCUT2D eigenvalue weighted by Crippen LogP contribution is -2.47. The Morgan fingerprint density at radius 1 is 1.13 bits per heavy atom. The molecule has 1 aromatic carbocycles. The van der Waals surface area contributed by atoms with Crippen molar-refractivity contribution in [1.29, 1.82) is 0 Å². The second-order valence-electron chi connectivity index (χ2n) is 6.20. The molecule has 30 heavy (non-hydrogen) atoms. The van der Waals surface area contributed by atoms with Crippen molar-refractivity contribution < 1.29 is 28.3 Å². The SMILES string of the molecule is CCOC(=O)C1=C(COC(=O)Cc2c(Cl)cccc2Cl)NC(=O)NC1c1ccco1. The summed E-state index contributed by atoms with van der Waals surface area (Å²) in [7, 11) is 0. The van der Waals surface area contributed by atoms with E-state index in [2.05, 4.69) is 10.6 Å². The van der Waals surface area contributed by atoms with Crippen LogP contribution >= 0.6 is 23.2 Å². The Balaban J connectivity index is 1.82. The van der Waals surface area contributed by atoms with Gasteiger partial charge < -0.3 is 24.5 Å². The lowest BCUT2D eigenvalue weighted by molar-refractivity contribution is -0.143. The molecule has 1 aliphatic heterocycles. The molecule has 10 heteroatoms. The van der Waals surface area contributed by atoms with Crippen molar-refractivity contribution in [3.05, 3.63) is 69.2 Å². The summed E-state index contributed by atoms with van der Waals surface area (Å²) in [4.78, 5) is 37.0. The van der Waals surface area contributed by atoms with Crippen LogP contribution in [0.1, 0.15) is 24.3 Å². The Hall–Kier alpha value is -2.97. The van der Waals surface area contributed by atoms with Gasteiger partial charge in [-0.05, 0) is 31.2 Å². The molecule has 1 atom stereocenters. The molecule has 0 fully saturated rings. The smallest absolute Gasteiger partial charge is 0.338 e. The number of nitrogens with one attached hydrogen (secondary N) is 2. The highest BCUT2D eigenvalue weighted by molar-refractivity contribution is 6.36. The Morgan fingerprint density at radius 3 is 2.50 bits per heavy atom. The molecular formula is C20H18Cl2N2O6. The first-order valence-electron chi connectivity index (χ1n) is 9.00. The van der Waals surface area contributed by atoms with Gasteiger partial charge in [-0.25, -0.2) is 9.59 Å². The Labute approximate surface area is 182 Å². The topological polar surface area (TPSA) is 107 Å². The first-order chi connectivity index (χ1) is 14.4. The summed E-state index contributed by atoms with van der Waals surface area (Å²) in [6, 6.07) is 6.65. The number of halogens is 2. The molecule has 1 unspecified atom stereocenters. The van der Waals surface area contributed by atoms with E-state index in [0.29, 0.717) is 21.4 Å². The van der Waals surface area contributed by atoms with Gasteiger partial charge in [-0.2, -0.15) is 0 Å². The van der Waals surface area contributed by atoms with Crippen LogP contribution in [0.5, 0.6) is 0 Å². The van der Waals surface area contributed by atoms with Gasteiger partial charge in [-0.15, -0.1) is 0 Å². The van der Waals surface area contributed by atoms with Crippen LogP contribution in [0.3, 0.4) is 0 Å². The number of urea groups is 1. The maximum Gasteiger partial charge on any atom is 0.338 e. The first-order valence-corrected chi connectivity index (χ1v) is 9.75. The van der Waals surface area contributed by atoms with E-state index in [4.69, 9.17) is 37.1 Å². The molecule has 8 nitrogen and oxygen atoms in total. The van der Waals surface area contributed by atoms with Crippen molar-refractivity contribution in [2.24, 2.45) is 0 Å². The van der Waals surface area contributed by atoms with E-state index in [1.807, 2.05) is 0 Å². The molecular weight excluding hydrogens is 435 g/mol. The summed E-state index contributed by atoms with van der Waals surface area (Å²) in [5.41, 5.74) is 0.598. The molecule has 0 saturated carbocycles. The quantitative estimate of drug-likeness (QED) is 0.622. The molecule has 0 spiro atoms. The second kappa shape index (κ2) is 9.69. The van der Waals surface area contributed by atoms with Crippen molar-refractivity contribution in [1.82, 2.24) is 10.6 Å². The van der Waals surface area contributed by atoms with E-state index in [1.165, 1.54) is 6.26 Å². The van der Waals surface area contributed by atoms with Crippen LogP contribution in [0.4, 0.5) is 4.79 Å². The summed E-state index contributed by atoms with van der Waals surface area (Å²) in [5.74, 6) is -0.978. The van der Waals surface area contributed by atoms with Gasteiger partial charge in [-0.1, -0.05) is 29.3 Å². The lowest BCUT2D eigenvalue weighted by Gasteiger charge is -2.27. The molecule has 0 radical (unpaired) electrons. The van der Waals surface area contributed by atoms with Crippen LogP contribution in [-0.4, -0.2) is 31.2 Å². The van der Waals surface area contributed by atoms with E-state index < -0.39 is 24.0 Å². The van der Waals surface area contributed by atoms with Crippen LogP contribution in [0.25, 0.3) is 0 Å². The van der Waals surface area contributed by atoms with Crippen LogP contribution in [0.15, 0.2) is 52.3 Å². The summed E-state index contributed by atoms with van der Waals surface area (Å²) in [6.45, 7) is 1.42. The molecule has 2 amide bonds. The summed E-state index contributed by atoms with van der Waals surface area (Å²) >= 11 is 12.2. The highest BCUT2D eigenvalue weighted by Gasteiger charge is 2.35. The average Bonchev–Trinajstić information content (AvgIpc) is 3.23. The summed E-state index contributed by atoms with van der Waals surface area (Å²) in [5, 5.41) is 5.76. The van der Waals surface area contributed by atoms with Crippen LogP contribution in [0, 0.1) is 0 Å². The van der Waals surface area contributed by atoms with E-state index in [1.54, 1.807) is 37.3 Å². The van der Waals surface area contributed by atoms with E-state index >= 15 is 0 Å². The maximum absolute atomic E-state index is 12.6. The third kappa shape index (κ3) is 4.95. The molecule has 1 aliphatic rings. The number of ether oxygens (including phenoxy) is 2. The van der Waals surface area contributed by atoms with Crippen molar-refractivity contribution in [3.63, 3.8) is 0 Å². The predicted octanol–water partition coefficient (Wildman–Crippen LogP) is 3.54. The predicted molar refractivity (Wildman–Crippen MR) is 108 cm³/mol. The molecule has 2 N–H and O–H groups in total. The fraction of sp³-hybridized carbons (Fsp3) is 0.250. The summed E-state index contributed by atoms with van der Waals surface area (Å²) < 4.78 is 15.7. The molecule has 2 aromatic rings. The number of carbonyl (C=O) groups excluding carboxylic acids is 3. The third-order valence-electron chi connectivity index (χ3n) is 4.24. The van der Waals surface area contributed by atoms with Gasteiger partial charge >= 0.3 is 18.0 Å². The molecule has 3 rings (SSSR count). The molecule has 2 heterocycles. The Morgan fingerprint density at radius 2 is 1.87 bits per heavy atom. The van der Waals surface area contributed by atoms with Crippen molar-refractivity contribution in [3.8, 4) is 0 Å². The number of esters is 2. The highest BCUT2D eigenvalue weighted by Crippen LogP contribution is 2.29.